The van der Waals surface area contributed by atoms with Crippen LogP contribution in [0.1, 0.15) is 16.7 Å². The van der Waals surface area contributed by atoms with E-state index in [9.17, 15) is 4.79 Å². The van der Waals surface area contributed by atoms with Gasteiger partial charge in [-0.05, 0) is 69.0 Å². The molecule has 3 aromatic carbocycles. The van der Waals surface area contributed by atoms with Crippen LogP contribution in [0, 0.1) is 0 Å². The molecule has 0 aromatic heterocycles. The van der Waals surface area contributed by atoms with Crippen molar-refractivity contribution in [2.24, 2.45) is 5.10 Å². The number of carbonyl (C=O) groups excluding carboxylic acids is 1. The maximum Gasteiger partial charge on any atom is 0.244 e. The van der Waals surface area contributed by atoms with Crippen LogP contribution in [-0.2, 0) is 17.8 Å². The first-order valence-electron chi connectivity index (χ1n) is 9.25. The molecule has 0 saturated carbocycles. The number of benzene rings is 3. The summed E-state index contributed by atoms with van der Waals surface area (Å²) in [5, 5.41) is 4.05. The number of amides is 1. The summed E-state index contributed by atoms with van der Waals surface area (Å²) in [6.07, 6.45) is 1.81. The van der Waals surface area contributed by atoms with Gasteiger partial charge in [0.2, 0.25) is 5.91 Å². The summed E-state index contributed by atoms with van der Waals surface area (Å²) >= 11 is 10.3. The maximum atomic E-state index is 12.1. The van der Waals surface area contributed by atoms with Gasteiger partial charge in [0.05, 0.1) is 24.2 Å². The Morgan fingerprint density at radius 2 is 1.58 bits per heavy atom. The van der Waals surface area contributed by atoms with Gasteiger partial charge in [0, 0.05) is 8.95 Å². The molecule has 5 nitrogen and oxygen atoms in total. The lowest BCUT2D eigenvalue weighted by Gasteiger charge is -2.13. The number of ether oxygens (including phenoxy) is 2. The Labute approximate surface area is 206 Å². The fourth-order valence-electron chi connectivity index (χ4n) is 2.70. The SMILES string of the molecule is COc1cc(/C=N/NC(=O)Cc2ccc(Br)cc2)cc(Br)c1OCc1ccc(Br)cc1. The predicted molar refractivity (Wildman–Crippen MR) is 133 cm³/mol. The van der Waals surface area contributed by atoms with Gasteiger partial charge in [-0.25, -0.2) is 5.43 Å². The number of hydrogen-bond acceptors (Lipinski definition) is 4. The minimum Gasteiger partial charge on any atom is -0.493 e. The van der Waals surface area contributed by atoms with E-state index in [2.05, 4.69) is 58.3 Å². The average molecular weight is 611 g/mol. The van der Waals surface area contributed by atoms with E-state index in [1.807, 2.05) is 54.6 Å². The molecule has 3 rings (SSSR count). The molecule has 0 aliphatic carbocycles. The number of hydrogen-bond donors (Lipinski definition) is 1. The fraction of sp³-hybridized carbons (Fsp3) is 0.130. The van der Waals surface area contributed by atoms with Gasteiger partial charge in [0.15, 0.2) is 11.5 Å². The third-order valence-electron chi connectivity index (χ3n) is 4.23. The summed E-state index contributed by atoms with van der Waals surface area (Å²) < 4.78 is 14.1. The highest BCUT2D eigenvalue weighted by Gasteiger charge is 2.12. The van der Waals surface area contributed by atoms with E-state index in [1.54, 1.807) is 19.4 Å². The van der Waals surface area contributed by atoms with Crippen LogP contribution in [0.2, 0.25) is 0 Å². The molecule has 160 valence electrons. The van der Waals surface area contributed by atoms with Gasteiger partial charge in [0.1, 0.15) is 6.61 Å². The van der Waals surface area contributed by atoms with E-state index in [4.69, 9.17) is 9.47 Å². The molecule has 31 heavy (non-hydrogen) atoms. The topological polar surface area (TPSA) is 59.9 Å². The molecule has 8 heteroatoms. The van der Waals surface area contributed by atoms with Crippen molar-refractivity contribution in [3.05, 3.63) is 90.8 Å². The highest BCUT2D eigenvalue weighted by molar-refractivity contribution is 9.11. The summed E-state index contributed by atoms with van der Waals surface area (Å²) in [5.74, 6) is 0.968. The lowest BCUT2D eigenvalue weighted by atomic mass is 10.1. The van der Waals surface area contributed by atoms with Crippen LogP contribution < -0.4 is 14.9 Å². The zero-order valence-corrected chi connectivity index (χ0v) is 21.3. The number of hydrazone groups is 1. The monoisotopic (exact) mass is 608 g/mol. The molecule has 0 aliphatic rings. The third kappa shape index (κ3) is 7.19. The van der Waals surface area contributed by atoms with E-state index < -0.39 is 0 Å². The van der Waals surface area contributed by atoms with Crippen molar-refractivity contribution in [3.8, 4) is 11.5 Å². The summed E-state index contributed by atoms with van der Waals surface area (Å²) in [7, 11) is 1.58. The number of rotatable bonds is 8. The zero-order valence-electron chi connectivity index (χ0n) is 16.6. The van der Waals surface area contributed by atoms with Crippen molar-refractivity contribution in [2.75, 3.05) is 7.11 Å². The minimum atomic E-state index is -0.195. The van der Waals surface area contributed by atoms with Gasteiger partial charge >= 0.3 is 0 Å². The second kappa shape index (κ2) is 11.5. The van der Waals surface area contributed by atoms with E-state index in [0.717, 1.165) is 30.1 Å². The van der Waals surface area contributed by atoms with Crippen LogP contribution in [0.25, 0.3) is 0 Å². The van der Waals surface area contributed by atoms with Crippen molar-refractivity contribution in [2.45, 2.75) is 13.0 Å². The number of methoxy groups -OCH3 is 1. The van der Waals surface area contributed by atoms with Gasteiger partial charge in [-0.15, -0.1) is 0 Å². The van der Waals surface area contributed by atoms with E-state index >= 15 is 0 Å². The van der Waals surface area contributed by atoms with Gasteiger partial charge in [0.25, 0.3) is 0 Å². The molecule has 0 spiro atoms. The molecule has 0 fully saturated rings. The summed E-state index contributed by atoms with van der Waals surface area (Å²) in [5.41, 5.74) is 5.25. The molecule has 0 heterocycles. The van der Waals surface area contributed by atoms with Crippen LogP contribution in [0.3, 0.4) is 0 Å². The maximum absolute atomic E-state index is 12.1. The second-order valence-electron chi connectivity index (χ2n) is 6.55. The van der Waals surface area contributed by atoms with Crippen molar-refractivity contribution in [1.29, 1.82) is 0 Å². The van der Waals surface area contributed by atoms with Crippen LogP contribution in [0.4, 0.5) is 0 Å². The summed E-state index contributed by atoms with van der Waals surface area (Å²) in [6, 6.07) is 19.1. The molecule has 0 unspecified atom stereocenters. The minimum absolute atomic E-state index is 0.195. The summed E-state index contributed by atoms with van der Waals surface area (Å²) in [4.78, 5) is 12.1. The lowest BCUT2D eigenvalue weighted by molar-refractivity contribution is -0.120. The van der Waals surface area contributed by atoms with Crippen LogP contribution in [0.15, 0.2) is 79.2 Å². The van der Waals surface area contributed by atoms with Crippen molar-refractivity contribution < 1.29 is 14.3 Å². The molecule has 1 N–H and O–H groups in total. The van der Waals surface area contributed by atoms with E-state index in [1.165, 1.54) is 0 Å². The Bertz CT molecular complexity index is 1070. The Morgan fingerprint density at radius 1 is 0.968 bits per heavy atom. The fourth-order valence-corrected chi connectivity index (χ4v) is 3.80. The highest BCUT2D eigenvalue weighted by Crippen LogP contribution is 2.36. The molecule has 0 atom stereocenters. The number of halogens is 3. The highest BCUT2D eigenvalue weighted by atomic mass is 79.9. The van der Waals surface area contributed by atoms with Crippen LogP contribution >= 0.6 is 47.8 Å². The van der Waals surface area contributed by atoms with Crippen molar-refractivity contribution in [3.63, 3.8) is 0 Å². The zero-order chi connectivity index (χ0) is 22.2. The Balaban J connectivity index is 1.62. The first kappa shape index (κ1) is 23.5. The van der Waals surface area contributed by atoms with Crippen LogP contribution in [0.5, 0.6) is 11.5 Å². The third-order valence-corrected chi connectivity index (χ3v) is 5.88. The summed E-state index contributed by atoms with van der Waals surface area (Å²) in [6.45, 7) is 0.405. The Kier molecular flexibility index (Phi) is 8.69. The predicted octanol–water partition coefficient (Wildman–Crippen LogP) is 6.25. The lowest BCUT2D eigenvalue weighted by Crippen LogP contribution is -2.19. The smallest absolute Gasteiger partial charge is 0.244 e. The largest absolute Gasteiger partial charge is 0.493 e. The first-order chi connectivity index (χ1) is 14.9. The van der Waals surface area contributed by atoms with Crippen molar-refractivity contribution in [1.82, 2.24) is 5.43 Å². The second-order valence-corrected chi connectivity index (χ2v) is 9.23. The van der Waals surface area contributed by atoms with Crippen molar-refractivity contribution >= 4 is 59.9 Å². The van der Waals surface area contributed by atoms with Gasteiger partial charge in [-0.3, -0.25) is 4.79 Å². The molecule has 0 bridgehead atoms. The average Bonchev–Trinajstić information content (AvgIpc) is 2.75. The first-order valence-corrected chi connectivity index (χ1v) is 11.6. The number of nitrogens with one attached hydrogen (secondary N) is 1. The van der Waals surface area contributed by atoms with Gasteiger partial charge < -0.3 is 9.47 Å². The Morgan fingerprint density at radius 3 is 2.19 bits per heavy atom. The molecule has 0 aliphatic heterocycles. The van der Waals surface area contributed by atoms with Gasteiger partial charge in [-0.2, -0.15) is 5.10 Å². The molecule has 0 radical (unpaired) electrons. The van der Waals surface area contributed by atoms with E-state index in [-0.39, 0.29) is 12.3 Å². The van der Waals surface area contributed by atoms with Crippen LogP contribution in [-0.4, -0.2) is 19.2 Å². The normalized spacial score (nSPS) is 10.8. The standard InChI is InChI=1S/C23H19Br3N2O3/c1-30-21-11-17(13-27-28-22(29)12-15-2-6-18(24)7-3-15)10-20(26)23(21)31-14-16-4-8-19(25)9-5-16/h2-11,13H,12,14H2,1H3,(H,28,29)/b27-13+. The number of nitrogens with zero attached hydrogens (tertiary/aromatic N) is 1. The molecule has 0 saturated heterocycles. The molecule has 1 amide bonds. The van der Waals surface area contributed by atoms with E-state index in [0.29, 0.717) is 18.1 Å². The molecular weight excluding hydrogens is 592 g/mol. The number of carbonyl (C=O) groups is 1. The quantitative estimate of drug-likeness (QED) is 0.242. The Hall–Kier alpha value is -2.16. The molecular formula is C23H19Br3N2O3. The molecule has 3 aromatic rings. The van der Waals surface area contributed by atoms with Gasteiger partial charge in [-0.1, -0.05) is 56.1 Å².